The van der Waals surface area contributed by atoms with Gasteiger partial charge in [0.05, 0.1) is 13.2 Å². The Kier molecular flexibility index (Phi) is 9.97. The van der Waals surface area contributed by atoms with E-state index in [-0.39, 0.29) is 5.91 Å². The van der Waals surface area contributed by atoms with Crippen LogP contribution in [0.25, 0.3) is 0 Å². The predicted octanol–water partition coefficient (Wildman–Crippen LogP) is 1.35. The minimum atomic E-state index is -0.110. The first-order valence-corrected chi connectivity index (χ1v) is 9.93. The van der Waals surface area contributed by atoms with E-state index in [9.17, 15) is 4.79 Å². The van der Waals surface area contributed by atoms with Crippen molar-refractivity contribution in [1.82, 2.24) is 20.9 Å². The molecule has 0 unspecified atom stereocenters. The number of rotatable bonds is 9. The van der Waals surface area contributed by atoms with Crippen molar-refractivity contribution in [3.05, 3.63) is 34.9 Å². The highest BCUT2D eigenvalue weighted by molar-refractivity contribution is 6.30. The normalized spacial score (nSPS) is 15.4. The second kappa shape index (κ2) is 12.5. The molecule has 1 heterocycles. The van der Waals surface area contributed by atoms with Crippen molar-refractivity contribution in [1.29, 1.82) is 0 Å². The van der Waals surface area contributed by atoms with Gasteiger partial charge in [0.25, 0.3) is 5.91 Å². The Morgan fingerprint density at radius 2 is 1.85 bits per heavy atom. The van der Waals surface area contributed by atoms with Gasteiger partial charge >= 0.3 is 0 Å². The lowest BCUT2D eigenvalue weighted by atomic mass is 10.2. The molecular formula is C19H30ClN5O2. The van der Waals surface area contributed by atoms with Gasteiger partial charge in [0.1, 0.15) is 0 Å². The van der Waals surface area contributed by atoms with Gasteiger partial charge in [-0.3, -0.25) is 14.7 Å². The number of nitrogens with zero attached hydrogens (tertiary/aromatic N) is 2. The van der Waals surface area contributed by atoms with Crippen LogP contribution in [0.2, 0.25) is 5.02 Å². The summed E-state index contributed by atoms with van der Waals surface area (Å²) in [6.45, 7) is 9.44. The highest BCUT2D eigenvalue weighted by Crippen LogP contribution is 2.09. The van der Waals surface area contributed by atoms with Crippen molar-refractivity contribution in [2.24, 2.45) is 4.99 Å². The van der Waals surface area contributed by atoms with E-state index in [0.29, 0.717) is 23.7 Å². The number of aliphatic imine (C=N–C) groups is 1. The molecule has 1 aromatic carbocycles. The molecule has 0 atom stereocenters. The first-order chi connectivity index (χ1) is 13.2. The number of amides is 1. The van der Waals surface area contributed by atoms with Gasteiger partial charge in [-0.1, -0.05) is 11.6 Å². The lowest BCUT2D eigenvalue weighted by molar-refractivity contribution is 0.0377. The molecule has 1 fully saturated rings. The Labute approximate surface area is 166 Å². The van der Waals surface area contributed by atoms with Crippen molar-refractivity contribution in [2.45, 2.75) is 13.3 Å². The average molecular weight is 396 g/mol. The van der Waals surface area contributed by atoms with Crippen molar-refractivity contribution >= 4 is 23.5 Å². The molecule has 7 nitrogen and oxygen atoms in total. The zero-order valence-electron chi connectivity index (χ0n) is 16.0. The number of halogens is 1. The molecule has 8 heteroatoms. The van der Waals surface area contributed by atoms with Crippen LogP contribution in [0.4, 0.5) is 0 Å². The Morgan fingerprint density at radius 3 is 2.56 bits per heavy atom. The minimum Gasteiger partial charge on any atom is -0.379 e. The molecule has 1 aromatic rings. The van der Waals surface area contributed by atoms with E-state index in [4.69, 9.17) is 16.3 Å². The molecule has 3 N–H and O–H groups in total. The van der Waals surface area contributed by atoms with Crippen LogP contribution in [-0.2, 0) is 4.74 Å². The third-order valence-corrected chi connectivity index (χ3v) is 4.41. The zero-order valence-corrected chi connectivity index (χ0v) is 16.7. The maximum atomic E-state index is 12.0. The lowest BCUT2D eigenvalue weighted by Gasteiger charge is -2.26. The van der Waals surface area contributed by atoms with Gasteiger partial charge in [0.2, 0.25) is 0 Å². The van der Waals surface area contributed by atoms with Crippen LogP contribution >= 0.6 is 11.6 Å². The van der Waals surface area contributed by atoms with Gasteiger partial charge in [-0.2, -0.15) is 0 Å². The number of carbonyl (C=O) groups is 1. The summed E-state index contributed by atoms with van der Waals surface area (Å²) in [6.07, 6.45) is 1.02. The average Bonchev–Trinajstić information content (AvgIpc) is 2.69. The lowest BCUT2D eigenvalue weighted by Crippen LogP contribution is -2.41. The summed E-state index contributed by atoms with van der Waals surface area (Å²) in [5.41, 5.74) is 0.600. The Balaban J connectivity index is 1.64. The second-order valence-electron chi connectivity index (χ2n) is 6.26. The molecule has 0 bridgehead atoms. The van der Waals surface area contributed by atoms with Crippen LogP contribution in [0.15, 0.2) is 29.3 Å². The first-order valence-electron chi connectivity index (χ1n) is 9.55. The summed E-state index contributed by atoms with van der Waals surface area (Å²) in [6, 6.07) is 6.85. The fraction of sp³-hybridized carbons (Fsp3) is 0.579. The summed E-state index contributed by atoms with van der Waals surface area (Å²) in [7, 11) is 0. The van der Waals surface area contributed by atoms with Gasteiger partial charge < -0.3 is 20.7 Å². The van der Waals surface area contributed by atoms with Crippen LogP contribution in [0, 0.1) is 0 Å². The van der Waals surface area contributed by atoms with Crippen LogP contribution < -0.4 is 16.0 Å². The van der Waals surface area contributed by atoms with Gasteiger partial charge in [0, 0.05) is 56.4 Å². The molecule has 1 aliphatic rings. The van der Waals surface area contributed by atoms with E-state index >= 15 is 0 Å². The van der Waals surface area contributed by atoms with Gasteiger partial charge in [0.15, 0.2) is 5.96 Å². The minimum absolute atomic E-state index is 0.110. The first kappa shape index (κ1) is 21.5. The van der Waals surface area contributed by atoms with E-state index in [1.54, 1.807) is 24.3 Å². The molecule has 0 radical (unpaired) electrons. The molecule has 0 aliphatic carbocycles. The van der Waals surface area contributed by atoms with Crippen molar-refractivity contribution in [3.8, 4) is 0 Å². The highest BCUT2D eigenvalue weighted by Gasteiger charge is 2.09. The largest absolute Gasteiger partial charge is 0.379 e. The quantitative estimate of drug-likeness (QED) is 0.334. The van der Waals surface area contributed by atoms with E-state index in [1.807, 2.05) is 6.92 Å². The summed E-state index contributed by atoms with van der Waals surface area (Å²) in [4.78, 5) is 19.0. The number of hydrogen-bond donors (Lipinski definition) is 3. The van der Waals surface area contributed by atoms with Crippen molar-refractivity contribution in [3.63, 3.8) is 0 Å². The number of ether oxygens (including phenoxy) is 1. The van der Waals surface area contributed by atoms with E-state index in [0.717, 1.165) is 58.3 Å². The van der Waals surface area contributed by atoms with E-state index < -0.39 is 0 Å². The topological polar surface area (TPSA) is 78.0 Å². The summed E-state index contributed by atoms with van der Waals surface area (Å²) in [5.74, 6) is 0.668. The van der Waals surface area contributed by atoms with Crippen molar-refractivity contribution < 1.29 is 9.53 Å². The van der Waals surface area contributed by atoms with Crippen LogP contribution in [0.5, 0.6) is 0 Å². The van der Waals surface area contributed by atoms with E-state index in [1.165, 1.54) is 0 Å². The number of nitrogens with one attached hydrogen (secondary N) is 3. The fourth-order valence-corrected chi connectivity index (χ4v) is 2.84. The van der Waals surface area contributed by atoms with Crippen LogP contribution in [0.3, 0.4) is 0 Å². The number of guanidine groups is 1. The Morgan fingerprint density at radius 1 is 1.15 bits per heavy atom. The molecule has 150 valence electrons. The molecular weight excluding hydrogens is 366 g/mol. The SMILES string of the molecule is CCNC(=NCCCN1CCOCC1)NCCNC(=O)c1ccc(Cl)cc1. The number of hydrogen-bond acceptors (Lipinski definition) is 4. The number of carbonyl (C=O) groups excluding carboxylic acids is 1. The summed E-state index contributed by atoms with van der Waals surface area (Å²) < 4.78 is 5.36. The second-order valence-corrected chi connectivity index (χ2v) is 6.69. The van der Waals surface area contributed by atoms with Crippen LogP contribution in [0.1, 0.15) is 23.7 Å². The smallest absolute Gasteiger partial charge is 0.251 e. The van der Waals surface area contributed by atoms with Gasteiger partial charge in [-0.25, -0.2) is 0 Å². The molecule has 27 heavy (non-hydrogen) atoms. The standard InChI is InChI=1S/C19H30ClN5O2/c1-2-21-19(23-8-3-11-25-12-14-27-15-13-25)24-10-9-22-18(26)16-4-6-17(20)7-5-16/h4-7H,2-3,8-15H2,1H3,(H,22,26)(H2,21,23,24). The van der Waals surface area contributed by atoms with Gasteiger partial charge in [-0.15, -0.1) is 0 Å². The molecule has 0 spiro atoms. The summed E-state index contributed by atoms with van der Waals surface area (Å²) in [5, 5.41) is 9.97. The molecule has 0 saturated carbocycles. The molecule has 1 amide bonds. The zero-order chi connectivity index (χ0) is 19.3. The molecule has 2 rings (SSSR count). The fourth-order valence-electron chi connectivity index (χ4n) is 2.71. The number of morpholine rings is 1. The summed E-state index contributed by atoms with van der Waals surface area (Å²) >= 11 is 5.83. The Hall–Kier alpha value is -1.83. The monoisotopic (exact) mass is 395 g/mol. The third kappa shape index (κ3) is 8.60. The van der Waals surface area contributed by atoms with Crippen LogP contribution in [-0.4, -0.2) is 75.8 Å². The maximum absolute atomic E-state index is 12.0. The van der Waals surface area contributed by atoms with Crippen molar-refractivity contribution in [2.75, 3.05) is 59.0 Å². The maximum Gasteiger partial charge on any atom is 0.251 e. The molecule has 0 aromatic heterocycles. The van der Waals surface area contributed by atoms with Gasteiger partial charge in [-0.05, 0) is 37.6 Å². The third-order valence-electron chi connectivity index (χ3n) is 4.16. The highest BCUT2D eigenvalue weighted by atomic mass is 35.5. The Bertz CT molecular complexity index is 588. The molecule has 1 saturated heterocycles. The predicted molar refractivity (Wildman–Crippen MR) is 110 cm³/mol. The molecule has 1 aliphatic heterocycles. The number of benzene rings is 1. The van der Waals surface area contributed by atoms with E-state index in [2.05, 4.69) is 25.8 Å².